The maximum absolute atomic E-state index is 12.4. The predicted molar refractivity (Wildman–Crippen MR) is 142 cm³/mol. The molecule has 5 rings (SSSR count). The van der Waals surface area contributed by atoms with Crippen LogP contribution in [0.2, 0.25) is 0 Å². The number of H-pyrrole nitrogens is 1. The fourth-order valence-corrected chi connectivity index (χ4v) is 4.46. The van der Waals surface area contributed by atoms with E-state index in [1.807, 2.05) is 41.9 Å². The third kappa shape index (κ3) is 5.19. The highest BCUT2D eigenvalue weighted by atomic mass is 16.2. The minimum absolute atomic E-state index is 0.0260. The number of pyridine rings is 3. The standard InChI is InChI=1S/C23H29B3N6O2/c24-23(25,26)30-22(34)18-4-3-16(12-28-18)32-7-5-31(6-8-32)13-14-9-20-19(27-11-14)10-17(15-1-2-15)21(33)29-20/h3-4,9-12,15H,1-2,5-8,13,24-26H2,(H,29,33)(H,30,34). The molecule has 0 bridgehead atoms. The van der Waals surface area contributed by atoms with Crippen molar-refractivity contribution in [1.82, 2.24) is 25.2 Å². The van der Waals surface area contributed by atoms with Crippen LogP contribution in [0.4, 0.5) is 5.69 Å². The molecule has 1 saturated carbocycles. The molecular weight excluding hydrogens is 425 g/mol. The SMILES string of the molecule is BC(B)(B)NC(=O)c1ccc(N2CCN(Cc3cnc4cc(C5CC5)c(=O)[nH]c4c3)CC2)cn1. The van der Waals surface area contributed by atoms with Crippen LogP contribution in [0, 0.1) is 0 Å². The number of nitrogens with zero attached hydrogens (tertiary/aromatic N) is 4. The summed E-state index contributed by atoms with van der Waals surface area (Å²) in [6.45, 7) is 4.41. The molecule has 1 saturated heterocycles. The van der Waals surface area contributed by atoms with Crippen molar-refractivity contribution in [1.29, 1.82) is 0 Å². The quantitative estimate of drug-likeness (QED) is 0.453. The van der Waals surface area contributed by atoms with Gasteiger partial charge in [0.1, 0.15) is 29.2 Å². The van der Waals surface area contributed by atoms with E-state index in [1.165, 1.54) is 0 Å². The number of anilines is 1. The fourth-order valence-electron chi connectivity index (χ4n) is 4.46. The first-order chi connectivity index (χ1) is 16.2. The van der Waals surface area contributed by atoms with Crippen molar-refractivity contribution in [3.8, 4) is 0 Å². The Morgan fingerprint density at radius 1 is 1.09 bits per heavy atom. The summed E-state index contributed by atoms with van der Waals surface area (Å²) in [6.07, 6.45) is 5.92. The molecule has 34 heavy (non-hydrogen) atoms. The van der Waals surface area contributed by atoms with Gasteiger partial charge >= 0.3 is 0 Å². The molecule has 8 nitrogen and oxygen atoms in total. The number of nitrogens with one attached hydrogen (secondary N) is 2. The summed E-state index contributed by atoms with van der Waals surface area (Å²) in [5.41, 5.74) is 5.15. The van der Waals surface area contributed by atoms with Crippen LogP contribution in [0.15, 0.2) is 41.5 Å². The number of hydrogen-bond acceptors (Lipinski definition) is 6. The van der Waals surface area contributed by atoms with Gasteiger partial charge in [-0.3, -0.25) is 19.5 Å². The molecule has 3 aromatic heterocycles. The Kier molecular flexibility index (Phi) is 5.98. The molecule has 172 valence electrons. The number of fused-ring (bicyclic) bond motifs is 1. The molecule has 1 aliphatic carbocycles. The molecule has 0 unspecified atom stereocenters. The number of hydrogen-bond donors (Lipinski definition) is 2. The largest absolute Gasteiger partial charge is 0.368 e. The van der Waals surface area contributed by atoms with E-state index in [2.05, 4.69) is 36.1 Å². The van der Waals surface area contributed by atoms with E-state index >= 15 is 0 Å². The number of aromatic amines is 1. The molecule has 0 spiro atoms. The summed E-state index contributed by atoms with van der Waals surface area (Å²) in [6, 6.07) is 7.77. The third-order valence-corrected chi connectivity index (χ3v) is 6.41. The van der Waals surface area contributed by atoms with Crippen LogP contribution in [0.5, 0.6) is 0 Å². The Morgan fingerprint density at radius 3 is 2.50 bits per heavy atom. The maximum atomic E-state index is 12.4. The van der Waals surface area contributed by atoms with Crippen molar-refractivity contribution in [2.24, 2.45) is 0 Å². The van der Waals surface area contributed by atoms with Gasteiger partial charge < -0.3 is 15.2 Å². The van der Waals surface area contributed by atoms with Gasteiger partial charge in [0.2, 0.25) is 0 Å². The maximum Gasteiger partial charge on any atom is 0.268 e. The smallest absolute Gasteiger partial charge is 0.268 e. The topological polar surface area (TPSA) is 94.2 Å². The zero-order chi connectivity index (χ0) is 23.9. The highest BCUT2D eigenvalue weighted by Gasteiger charge is 2.27. The van der Waals surface area contributed by atoms with Crippen LogP contribution in [-0.4, -0.2) is 80.7 Å². The molecule has 2 aliphatic rings. The van der Waals surface area contributed by atoms with E-state index in [-0.39, 0.29) is 16.7 Å². The predicted octanol–water partition coefficient (Wildman–Crippen LogP) is -1.24. The number of piperazine rings is 1. The van der Waals surface area contributed by atoms with E-state index in [1.54, 1.807) is 12.3 Å². The summed E-state index contributed by atoms with van der Waals surface area (Å²) in [7, 11) is 5.87. The van der Waals surface area contributed by atoms with Gasteiger partial charge in [-0.05, 0) is 53.8 Å². The second-order valence-corrected chi connectivity index (χ2v) is 10.5. The van der Waals surface area contributed by atoms with E-state index in [0.717, 1.165) is 73.4 Å². The highest BCUT2D eigenvalue weighted by Crippen LogP contribution is 2.38. The molecule has 2 fully saturated rings. The first-order valence-corrected chi connectivity index (χ1v) is 12.0. The summed E-state index contributed by atoms with van der Waals surface area (Å²) in [4.78, 5) is 41.4. The van der Waals surface area contributed by atoms with Crippen molar-refractivity contribution in [3.63, 3.8) is 0 Å². The van der Waals surface area contributed by atoms with E-state index in [4.69, 9.17) is 0 Å². The van der Waals surface area contributed by atoms with E-state index in [0.29, 0.717) is 11.6 Å². The summed E-state index contributed by atoms with van der Waals surface area (Å²) in [5, 5.41) is 2.65. The van der Waals surface area contributed by atoms with Crippen molar-refractivity contribution < 1.29 is 4.79 Å². The Morgan fingerprint density at radius 2 is 1.85 bits per heavy atom. The van der Waals surface area contributed by atoms with Crippen molar-refractivity contribution in [2.75, 3.05) is 31.1 Å². The lowest BCUT2D eigenvalue weighted by Gasteiger charge is -2.36. The second kappa shape index (κ2) is 8.94. The van der Waals surface area contributed by atoms with Gasteiger partial charge in [0.05, 0.1) is 22.9 Å². The molecule has 0 atom stereocenters. The van der Waals surface area contributed by atoms with Crippen molar-refractivity contribution in [2.45, 2.75) is 30.5 Å². The normalized spacial score (nSPS) is 17.1. The molecule has 0 radical (unpaired) electrons. The average Bonchev–Trinajstić information content (AvgIpc) is 3.63. The van der Waals surface area contributed by atoms with Gasteiger partial charge in [-0.15, -0.1) is 0 Å². The van der Waals surface area contributed by atoms with Gasteiger partial charge in [-0.1, -0.05) is 0 Å². The van der Waals surface area contributed by atoms with Crippen LogP contribution in [0.3, 0.4) is 0 Å². The van der Waals surface area contributed by atoms with Crippen molar-refractivity contribution in [3.05, 3.63) is 63.8 Å². The van der Waals surface area contributed by atoms with Crippen molar-refractivity contribution >= 4 is 46.2 Å². The first-order valence-electron chi connectivity index (χ1n) is 12.0. The molecule has 3 aromatic rings. The monoisotopic (exact) mass is 454 g/mol. The Labute approximate surface area is 201 Å². The number of aromatic nitrogens is 3. The Bertz CT molecular complexity index is 1260. The average molecular weight is 454 g/mol. The number of rotatable bonds is 6. The molecule has 11 heteroatoms. The molecule has 1 aliphatic heterocycles. The Balaban J connectivity index is 1.18. The number of carbonyl (C=O) groups is 1. The van der Waals surface area contributed by atoms with Gasteiger partial charge in [-0.2, -0.15) is 0 Å². The third-order valence-electron chi connectivity index (χ3n) is 6.41. The molecule has 0 aromatic carbocycles. The van der Waals surface area contributed by atoms with Crippen LogP contribution in [0.1, 0.15) is 40.4 Å². The fraction of sp³-hybridized carbons (Fsp3) is 0.391. The zero-order valence-electron chi connectivity index (χ0n) is 20.1. The minimum atomic E-state index is -0.289. The van der Waals surface area contributed by atoms with E-state index in [9.17, 15) is 9.59 Å². The lowest BCUT2D eigenvalue weighted by atomic mass is 9.49. The van der Waals surface area contributed by atoms with Gasteiger partial charge in [0.15, 0.2) is 0 Å². The van der Waals surface area contributed by atoms with Gasteiger partial charge in [0, 0.05) is 44.5 Å². The summed E-state index contributed by atoms with van der Waals surface area (Å²) >= 11 is 0. The zero-order valence-corrected chi connectivity index (χ0v) is 20.1. The molecule has 4 heterocycles. The lowest BCUT2D eigenvalue weighted by Crippen LogP contribution is -2.50. The molecular formula is C23H29B3N6O2. The van der Waals surface area contributed by atoms with Crippen LogP contribution in [0.25, 0.3) is 11.0 Å². The van der Waals surface area contributed by atoms with Crippen LogP contribution >= 0.6 is 0 Å². The molecule has 1 amide bonds. The second-order valence-electron chi connectivity index (χ2n) is 10.5. The summed E-state index contributed by atoms with van der Waals surface area (Å²) in [5.74, 6) is 0.260. The highest BCUT2D eigenvalue weighted by molar-refractivity contribution is 6.60. The van der Waals surface area contributed by atoms with E-state index < -0.39 is 0 Å². The minimum Gasteiger partial charge on any atom is -0.368 e. The molecule has 2 N–H and O–H groups in total. The number of amides is 1. The van der Waals surface area contributed by atoms with Crippen LogP contribution < -0.4 is 15.8 Å². The lowest BCUT2D eigenvalue weighted by molar-refractivity contribution is 0.0947. The van der Waals surface area contributed by atoms with Gasteiger partial charge in [-0.25, -0.2) is 4.98 Å². The first kappa shape index (κ1) is 22.7. The Hall–Kier alpha value is -3.07. The van der Waals surface area contributed by atoms with Gasteiger partial charge in [0.25, 0.3) is 11.5 Å². The number of carbonyl (C=O) groups excluding carboxylic acids is 1. The van der Waals surface area contributed by atoms with Crippen LogP contribution in [-0.2, 0) is 6.54 Å². The summed E-state index contributed by atoms with van der Waals surface area (Å²) < 4.78 is 0.